The number of aryl methyl sites for hydroxylation is 2. The first-order valence-corrected chi connectivity index (χ1v) is 15.4. The van der Waals surface area contributed by atoms with E-state index in [4.69, 9.17) is 11.6 Å². The van der Waals surface area contributed by atoms with Crippen LogP contribution in [0.5, 0.6) is 0 Å². The molecule has 0 radical (unpaired) electrons. The van der Waals surface area contributed by atoms with Crippen LogP contribution in [0.3, 0.4) is 0 Å². The fraction of sp³-hybridized carbons (Fsp3) is 0.212. The van der Waals surface area contributed by atoms with Crippen molar-refractivity contribution in [3.63, 3.8) is 0 Å². The number of hydrogen-bond donors (Lipinski definition) is 1. The molecule has 0 spiro atoms. The Kier molecular flexibility index (Phi) is 10.0. The van der Waals surface area contributed by atoms with Crippen molar-refractivity contribution >= 4 is 39.1 Å². The molecule has 1 N–H and O–H groups in total. The van der Waals surface area contributed by atoms with Crippen molar-refractivity contribution in [1.82, 2.24) is 10.2 Å². The van der Waals surface area contributed by atoms with Crippen molar-refractivity contribution in [2.75, 3.05) is 17.9 Å². The molecule has 0 heterocycles. The number of hydrogen-bond acceptors (Lipinski definition) is 4. The van der Waals surface area contributed by atoms with E-state index in [9.17, 15) is 18.0 Å². The number of anilines is 1. The Morgan fingerprint density at radius 3 is 1.98 bits per heavy atom. The summed E-state index contributed by atoms with van der Waals surface area (Å²) in [5.74, 6) is -0.918. The molecule has 0 saturated heterocycles. The molecular weight excluding hydrogens is 570 g/mol. The average molecular weight is 604 g/mol. The molecule has 1 atom stereocenters. The van der Waals surface area contributed by atoms with Crippen LogP contribution in [-0.4, -0.2) is 44.8 Å². The Morgan fingerprint density at radius 1 is 0.810 bits per heavy atom. The summed E-state index contributed by atoms with van der Waals surface area (Å²) < 4.78 is 29.1. The Labute approximate surface area is 252 Å². The quantitative estimate of drug-likeness (QED) is 0.244. The third-order valence-electron chi connectivity index (χ3n) is 7.03. The summed E-state index contributed by atoms with van der Waals surface area (Å²) >= 11 is 6.49. The molecule has 7 nitrogen and oxygen atoms in total. The van der Waals surface area contributed by atoms with Crippen molar-refractivity contribution in [3.05, 3.63) is 130 Å². The van der Waals surface area contributed by atoms with Gasteiger partial charge in [-0.15, -0.1) is 0 Å². The molecule has 4 aromatic carbocycles. The van der Waals surface area contributed by atoms with E-state index in [0.717, 1.165) is 21.0 Å². The molecule has 0 aromatic heterocycles. The number of sulfonamides is 1. The number of halogens is 1. The highest BCUT2D eigenvalue weighted by molar-refractivity contribution is 7.92. The van der Waals surface area contributed by atoms with Crippen molar-refractivity contribution in [2.45, 2.75) is 37.8 Å². The van der Waals surface area contributed by atoms with E-state index in [1.807, 2.05) is 44.2 Å². The highest BCUT2D eigenvalue weighted by Crippen LogP contribution is 2.26. The molecule has 4 rings (SSSR count). The minimum Gasteiger partial charge on any atom is -0.357 e. The van der Waals surface area contributed by atoms with Crippen molar-refractivity contribution in [2.24, 2.45) is 0 Å². The lowest BCUT2D eigenvalue weighted by molar-refractivity contribution is -0.139. The number of carbonyl (C=O) groups excluding carboxylic acids is 2. The summed E-state index contributed by atoms with van der Waals surface area (Å²) in [5, 5.41) is 3.11. The van der Waals surface area contributed by atoms with Crippen molar-refractivity contribution < 1.29 is 18.0 Å². The molecule has 9 heteroatoms. The molecule has 0 saturated carbocycles. The number of nitrogens with one attached hydrogen (secondary N) is 1. The van der Waals surface area contributed by atoms with Gasteiger partial charge in [0.1, 0.15) is 12.6 Å². The van der Waals surface area contributed by atoms with Crippen LogP contribution in [-0.2, 0) is 32.6 Å². The Bertz CT molecular complexity index is 1630. The Hall–Kier alpha value is -4.14. The Balaban J connectivity index is 1.79. The summed E-state index contributed by atoms with van der Waals surface area (Å²) in [7, 11) is -2.63. The SMILES string of the molecule is CNC(=O)[C@H](Cc1ccccc1)N(Cc1ccccc1Cl)C(=O)CN(c1ccc(C)cc1)S(=O)(=O)c1ccc(C)cc1. The minimum absolute atomic E-state index is 0.00967. The zero-order valence-electron chi connectivity index (χ0n) is 23.8. The van der Waals surface area contributed by atoms with E-state index in [1.54, 1.807) is 60.7 Å². The van der Waals surface area contributed by atoms with E-state index >= 15 is 0 Å². The molecule has 2 amide bonds. The normalized spacial score (nSPS) is 11.9. The van der Waals surface area contributed by atoms with Gasteiger partial charge < -0.3 is 10.2 Å². The first-order chi connectivity index (χ1) is 20.1. The fourth-order valence-electron chi connectivity index (χ4n) is 4.61. The monoisotopic (exact) mass is 603 g/mol. The molecule has 42 heavy (non-hydrogen) atoms. The molecule has 0 aliphatic heterocycles. The first kappa shape index (κ1) is 30.8. The minimum atomic E-state index is -4.14. The van der Waals surface area contributed by atoms with E-state index in [-0.39, 0.29) is 23.8 Å². The molecule has 218 valence electrons. The number of amides is 2. The van der Waals surface area contributed by atoms with Gasteiger partial charge in [0.25, 0.3) is 10.0 Å². The highest BCUT2D eigenvalue weighted by Gasteiger charge is 2.34. The summed E-state index contributed by atoms with van der Waals surface area (Å²) in [6.07, 6.45) is 0.228. The maximum absolute atomic E-state index is 14.3. The second-order valence-corrected chi connectivity index (χ2v) is 12.4. The summed E-state index contributed by atoms with van der Waals surface area (Å²) in [4.78, 5) is 29.1. The van der Waals surface area contributed by atoms with Crippen LogP contribution >= 0.6 is 11.6 Å². The van der Waals surface area contributed by atoms with Gasteiger partial charge in [-0.2, -0.15) is 0 Å². The van der Waals surface area contributed by atoms with Crippen molar-refractivity contribution in [3.8, 4) is 0 Å². The van der Waals surface area contributed by atoms with Gasteiger partial charge in [-0.1, -0.05) is 95.5 Å². The Morgan fingerprint density at radius 2 is 1.38 bits per heavy atom. The number of likely N-dealkylation sites (N-methyl/N-ethyl adjacent to an activating group) is 1. The topological polar surface area (TPSA) is 86.8 Å². The van der Waals surface area contributed by atoms with Crippen LogP contribution in [0.1, 0.15) is 22.3 Å². The fourth-order valence-corrected chi connectivity index (χ4v) is 6.22. The molecule has 0 unspecified atom stereocenters. The van der Waals surface area contributed by atoms with E-state index in [2.05, 4.69) is 5.32 Å². The van der Waals surface area contributed by atoms with Crippen LogP contribution < -0.4 is 9.62 Å². The van der Waals surface area contributed by atoms with E-state index in [0.29, 0.717) is 16.3 Å². The van der Waals surface area contributed by atoms with Gasteiger partial charge in [0.2, 0.25) is 11.8 Å². The predicted octanol–water partition coefficient (Wildman–Crippen LogP) is 5.54. The average Bonchev–Trinajstić information content (AvgIpc) is 2.99. The number of carbonyl (C=O) groups is 2. The van der Waals surface area contributed by atoms with E-state index in [1.165, 1.54) is 24.1 Å². The molecule has 4 aromatic rings. The largest absolute Gasteiger partial charge is 0.357 e. The third kappa shape index (κ3) is 7.38. The standard InChI is InChI=1S/C33H34ClN3O4S/c1-24-13-17-28(18-14-24)37(42(40,41)29-19-15-25(2)16-20-29)23-32(38)36(22-27-11-7-8-12-30(27)34)31(33(39)35-3)21-26-9-5-4-6-10-26/h4-20,31H,21-23H2,1-3H3,(H,35,39)/t31-/m0/s1. The maximum Gasteiger partial charge on any atom is 0.264 e. The third-order valence-corrected chi connectivity index (χ3v) is 9.18. The second-order valence-electron chi connectivity index (χ2n) is 10.1. The van der Waals surface area contributed by atoms with Gasteiger partial charge in [-0.25, -0.2) is 8.42 Å². The molecular formula is C33H34ClN3O4S. The van der Waals surface area contributed by atoms with Crippen LogP contribution in [0.2, 0.25) is 5.02 Å². The number of benzene rings is 4. The van der Waals surface area contributed by atoms with Crippen LogP contribution in [0.15, 0.2) is 108 Å². The summed E-state index contributed by atoms with van der Waals surface area (Å²) in [5.41, 5.74) is 3.68. The molecule has 0 bridgehead atoms. The smallest absolute Gasteiger partial charge is 0.264 e. The first-order valence-electron chi connectivity index (χ1n) is 13.5. The lowest BCUT2D eigenvalue weighted by Gasteiger charge is -2.33. The number of rotatable bonds is 11. The van der Waals surface area contributed by atoms with Gasteiger partial charge in [0, 0.05) is 25.0 Å². The molecule has 0 fully saturated rings. The highest BCUT2D eigenvalue weighted by atomic mass is 35.5. The second kappa shape index (κ2) is 13.7. The van der Waals surface area contributed by atoms with Gasteiger partial charge in [0.05, 0.1) is 10.6 Å². The lowest BCUT2D eigenvalue weighted by Crippen LogP contribution is -2.53. The molecule has 0 aliphatic rings. The predicted molar refractivity (Wildman–Crippen MR) is 167 cm³/mol. The van der Waals surface area contributed by atoms with Gasteiger partial charge in [0.15, 0.2) is 0 Å². The summed E-state index contributed by atoms with van der Waals surface area (Å²) in [6.45, 7) is 3.26. The van der Waals surface area contributed by atoms with E-state index < -0.39 is 28.5 Å². The summed E-state index contributed by atoms with van der Waals surface area (Å²) in [6, 6.07) is 29.0. The van der Waals surface area contributed by atoms with Gasteiger partial charge in [-0.3, -0.25) is 13.9 Å². The maximum atomic E-state index is 14.3. The zero-order valence-corrected chi connectivity index (χ0v) is 25.4. The molecule has 0 aliphatic carbocycles. The van der Waals surface area contributed by atoms with Gasteiger partial charge >= 0.3 is 0 Å². The van der Waals surface area contributed by atoms with Crippen molar-refractivity contribution in [1.29, 1.82) is 0 Å². The van der Waals surface area contributed by atoms with Crippen LogP contribution in [0, 0.1) is 13.8 Å². The zero-order chi connectivity index (χ0) is 30.3. The lowest BCUT2D eigenvalue weighted by atomic mass is 10.0. The van der Waals surface area contributed by atoms with Crippen LogP contribution in [0.25, 0.3) is 0 Å². The number of nitrogens with zero attached hydrogens (tertiary/aromatic N) is 2. The van der Waals surface area contributed by atoms with Gasteiger partial charge in [-0.05, 0) is 55.3 Å². The van der Waals surface area contributed by atoms with Crippen LogP contribution in [0.4, 0.5) is 5.69 Å².